The number of amides is 1. The third kappa shape index (κ3) is 3.04. The lowest BCUT2D eigenvalue weighted by Crippen LogP contribution is -2.11. The fraction of sp³-hybridized carbons (Fsp3) is 0.0526. The minimum atomic E-state index is -0.415. The average molecular weight is 288 g/mol. The second-order valence-electron chi connectivity index (χ2n) is 5.10. The maximum Gasteiger partial charge on any atom is 0.248 e. The number of carbonyl (C=O) groups excluding carboxylic acids is 1. The predicted octanol–water partition coefficient (Wildman–Crippen LogP) is 3.44. The van der Waals surface area contributed by atoms with Gasteiger partial charge in [0.2, 0.25) is 5.91 Å². The van der Waals surface area contributed by atoms with Crippen LogP contribution in [0, 0.1) is 0 Å². The Hall–Kier alpha value is -2.94. The summed E-state index contributed by atoms with van der Waals surface area (Å²) < 4.78 is 0. The van der Waals surface area contributed by atoms with Gasteiger partial charge in [-0.15, -0.1) is 0 Å². The Bertz CT molecular complexity index is 783. The average Bonchev–Trinajstić information content (AvgIpc) is 2.56. The van der Waals surface area contributed by atoms with Crippen molar-refractivity contribution < 1.29 is 4.79 Å². The molecule has 3 rings (SSSR count). The van der Waals surface area contributed by atoms with E-state index in [0.29, 0.717) is 12.0 Å². The van der Waals surface area contributed by atoms with Gasteiger partial charge in [-0.05, 0) is 41.0 Å². The van der Waals surface area contributed by atoms with Crippen molar-refractivity contribution in [3.63, 3.8) is 0 Å². The molecule has 0 unspecified atom stereocenters. The lowest BCUT2D eigenvalue weighted by molar-refractivity contribution is 0.1000. The van der Waals surface area contributed by atoms with E-state index < -0.39 is 5.91 Å². The van der Waals surface area contributed by atoms with Crippen LogP contribution >= 0.6 is 0 Å². The van der Waals surface area contributed by atoms with Gasteiger partial charge in [0.05, 0.1) is 0 Å². The van der Waals surface area contributed by atoms with E-state index in [9.17, 15) is 4.79 Å². The van der Waals surface area contributed by atoms with Gasteiger partial charge in [-0.2, -0.15) is 0 Å². The molecule has 0 aliphatic rings. The molecule has 0 saturated carbocycles. The molecule has 2 N–H and O–H groups in total. The number of hydrogen-bond acceptors (Lipinski definition) is 2. The summed E-state index contributed by atoms with van der Waals surface area (Å²) in [7, 11) is 0. The van der Waals surface area contributed by atoms with E-state index in [1.807, 2.05) is 48.5 Å². The number of nitrogens with two attached hydrogens (primary N) is 1. The van der Waals surface area contributed by atoms with Crippen LogP contribution in [0.4, 0.5) is 0 Å². The van der Waals surface area contributed by atoms with Gasteiger partial charge in [0.15, 0.2) is 0 Å². The SMILES string of the molecule is NC(=O)c1ccc(-c2ccccc2)c(Cc2ccccn2)c1. The molecule has 3 nitrogen and oxygen atoms in total. The largest absolute Gasteiger partial charge is 0.366 e. The highest BCUT2D eigenvalue weighted by Gasteiger charge is 2.10. The Labute approximate surface area is 129 Å². The third-order valence-electron chi connectivity index (χ3n) is 3.57. The lowest BCUT2D eigenvalue weighted by Gasteiger charge is -2.11. The van der Waals surface area contributed by atoms with Gasteiger partial charge < -0.3 is 5.73 Å². The van der Waals surface area contributed by atoms with Gasteiger partial charge >= 0.3 is 0 Å². The molecule has 1 heterocycles. The number of pyridine rings is 1. The van der Waals surface area contributed by atoms with Gasteiger partial charge in [0, 0.05) is 23.9 Å². The van der Waals surface area contributed by atoms with Crippen LogP contribution in [0.3, 0.4) is 0 Å². The monoisotopic (exact) mass is 288 g/mol. The lowest BCUT2D eigenvalue weighted by atomic mass is 9.94. The van der Waals surface area contributed by atoms with Crippen LogP contribution in [0.25, 0.3) is 11.1 Å². The van der Waals surface area contributed by atoms with Gasteiger partial charge in [0.25, 0.3) is 0 Å². The molecular weight excluding hydrogens is 272 g/mol. The number of primary amides is 1. The molecule has 3 heteroatoms. The van der Waals surface area contributed by atoms with Crippen LogP contribution in [0.2, 0.25) is 0 Å². The van der Waals surface area contributed by atoms with Gasteiger partial charge in [-0.1, -0.05) is 42.5 Å². The summed E-state index contributed by atoms with van der Waals surface area (Å²) in [6.45, 7) is 0. The van der Waals surface area contributed by atoms with E-state index >= 15 is 0 Å². The first kappa shape index (κ1) is 14.0. The molecule has 2 aromatic carbocycles. The first-order valence-corrected chi connectivity index (χ1v) is 7.12. The quantitative estimate of drug-likeness (QED) is 0.799. The number of hydrogen-bond donors (Lipinski definition) is 1. The Morgan fingerprint density at radius 2 is 1.73 bits per heavy atom. The summed E-state index contributed by atoms with van der Waals surface area (Å²) in [6.07, 6.45) is 2.43. The normalized spacial score (nSPS) is 10.4. The molecule has 0 aliphatic carbocycles. The number of benzene rings is 2. The van der Waals surface area contributed by atoms with Crippen molar-refractivity contribution in [3.05, 3.63) is 89.7 Å². The molecule has 1 amide bonds. The highest BCUT2D eigenvalue weighted by Crippen LogP contribution is 2.26. The van der Waals surface area contributed by atoms with Gasteiger partial charge in [-0.3, -0.25) is 9.78 Å². The predicted molar refractivity (Wildman–Crippen MR) is 87.4 cm³/mol. The molecule has 0 bridgehead atoms. The summed E-state index contributed by atoms with van der Waals surface area (Å²) in [5, 5.41) is 0. The van der Waals surface area contributed by atoms with Gasteiger partial charge in [0.1, 0.15) is 0 Å². The molecule has 0 radical (unpaired) electrons. The fourth-order valence-corrected chi connectivity index (χ4v) is 2.49. The van der Waals surface area contributed by atoms with Crippen molar-refractivity contribution >= 4 is 5.91 Å². The first-order chi connectivity index (χ1) is 10.7. The van der Waals surface area contributed by atoms with Crippen LogP contribution in [-0.4, -0.2) is 10.9 Å². The van der Waals surface area contributed by atoms with E-state index in [0.717, 1.165) is 22.4 Å². The van der Waals surface area contributed by atoms with E-state index in [2.05, 4.69) is 17.1 Å². The molecular formula is C19H16N2O. The molecule has 22 heavy (non-hydrogen) atoms. The maximum atomic E-state index is 11.5. The minimum Gasteiger partial charge on any atom is -0.366 e. The summed E-state index contributed by atoms with van der Waals surface area (Å²) in [5.41, 5.74) is 10.1. The van der Waals surface area contributed by atoms with E-state index in [-0.39, 0.29) is 0 Å². The third-order valence-corrected chi connectivity index (χ3v) is 3.57. The van der Waals surface area contributed by atoms with E-state index in [1.165, 1.54) is 0 Å². The van der Waals surface area contributed by atoms with Crippen LogP contribution < -0.4 is 5.73 Å². The molecule has 0 atom stereocenters. The van der Waals surface area contributed by atoms with Crippen LogP contribution in [0.15, 0.2) is 72.9 Å². The Morgan fingerprint density at radius 1 is 0.955 bits per heavy atom. The maximum absolute atomic E-state index is 11.5. The zero-order valence-corrected chi connectivity index (χ0v) is 12.1. The molecule has 3 aromatic rings. The summed E-state index contributed by atoms with van der Waals surface area (Å²) in [5.74, 6) is -0.415. The van der Waals surface area contributed by atoms with Gasteiger partial charge in [-0.25, -0.2) is 0 Å². The number of aromatic nitrogens is 1. The standard InChI is InChI=1S/C19H16N2O/c20-19(22)15-9-10-18(14-6-2-1-3-7-14)16(12-15)13-17-8-4-5-11-21-17/h1-12H,13H2,(H2,20,22). The topological polar surface area (TPSA) is 56.0 Å². The molecule has 0 fully saturated rings. The summed E-state index contributed by atoms with van der Waals surface area (Å²) in [4.78, 5) is 15.8. The van der Waals surface area contributed by atoms with Crippen LogP contribution in [0.5, 0.6) is 0 Å². The van der Waals surface area contributed by atoms with Crippen LogP contribution in [0.1, 0.15) is 21.6 Å². The first-order valence-electron chi connectivity index (χ1n) is 7.12. The number of nitrogens with zero attached hydrogens (tertiary/aromatic N) is 1. The number of rotatable bonds is 4. The smallest absolute Gasteiger partial charge is 0.248 e. The zero-order valence-electron chi connectivity index (χ0n) is 12.1. The number of carbonyl (C=O) groups is 1. The second-order valence-corrected chi connectivity index (χ2v) is 5.10. The van der Waals surface area contributed by atoms with E-state index in [1.54, 1.807) is 12.3 Å². The fourth-order valence-electron chi connectivity index (χ4n) is 2.49. The second kappa shape index (κ2) is 6.22. The zero-order chi connectivity index (χ0) is 15.4. The summed E-state index contributed by atoms with van der Waals surface area (Å²) in [6, 6.07) is 21.5. The molecule has 0 aliphatic heterocycles. The van der Waals surface area contributed by atoms with Crippen LogP contribution in [-0.2, 0) is 6.42 Å². The minimum absolute atomic E-state index is 0.415. The van der Waals surface area contributed by atoms with Crippen molar-refractivity contribution in [2.75, 3.05) is 0 Å². The highest BCUT2D eigenvalue weighted by molar-refractivity contribution is 5.93. The molecule has 0 saturated heterocycles. The van der Waals surface area contributed by atoms with Crippen molar-refractivity contribution in [3.8, 4) is 11.1 Å². The molecule has 0 spiro atoms. The molecule has 1 aromatic heterocycles. The highest BCUT2D eigenvalue weighted by atomic mass is 16.1. The van der Waals surface area contributed by atoms with Crippen molar-refractivity contribution in [1.82, 2.24) is 4.98 Å². The van der Waals surface area contributed by atoms with Crippen molar-refractivity contribution in [2.45, 2.75) is 6.42 Å². The Kier molecular flexibility index (Phi) is 3.97. The van der Waals surface area contributed by atoms with E-state index in [4.69, 9.17) is 5.73 Å². The van der Waals surface area contributed by atoms with Crippen molar-refractivity contribution in [1.29, 1.82) is 0 Å². The van der Waals surface area contributed by atoms with Crippen molar-refractivity contribution in [2.24, 2.45) is 5.73 Å². The Balaban J connectivity index is 2.07. The summed E-state index contributed by atoms with van der Waals surface area (Å²) >= 11 is 0. The molecule has 108 valence electrons. The Morgan fingerprint density at radius 3 is 2.41 bits per heavy atom.